The van der Waals surface area contributed by atoms with Gasteiger partial charge in [-0.1, -0.05) is 29.8 Å². The molecule has 4 aromatic rings. The van der Waals surface area contributed by atoms with Crippen molar-refractivity contribution < 1.29 is 42.6 Å². The molecule has 0 spiro atoms. The molecule has 2 atom stereocenters. The number of H-pyrrole nitrogens is 1. The standard InChI is InChI=1S/C38H37N6O11P/c1-26-21-29(22-27(2)35(26)55-33-13-14-40-37(42-33)41-31-9-7-28(23-39)8-10-31)5-3-15-50-17-19-52-20-18-51-16-4-6-30-24-44(38(46)43-36(30)45)34-12-11-32(54-34)25-53-56(47,48)49/h7-14,21-22,24,32,34H,15-20,25H2,1-2H3,(H,40,41,42)(H,43,45,46)(H2,47,48,49). The molecule has 18 heteroatoms. The molecular weight excluding hydrogens is 747 g/mol. The predicted octanol–water partition coefficient (Wildman–Crippen LogP) is 3.37. The van der Waals surface area contributed by atoms with Crippen molar-refractivity contribution >= 4 is 19.5 Å². The molecule has 0 fully saturated rings. The summed E-state index contributed by atoms with van der Waals surface area (Å²) >= 11 is 0. The average Bonchev–Trinajstić information content (AvgIpc) is 3.64. The Hall–Kier alpha value is -5.90. The van der Waals surface area contributed by atoms with Gasteiger partial charge in [0.2, 0.25) is 11.8 Å². The fourth-order valence-electron chi connectivity index (χ4n) is 5.03. The van der Waals surface area contributed by atoms with E-state index in [1.807, 2.05) is 26.0 Å². The maximum absolute atomic E-state index is 12.3. The van der Waals surface area contributed by atoms with Crippen LogP contribution in [0.15, 0.2) is 76.6 Å². The lowest BCUT2D eigenvalue weighted by Crippen LogP contribution is -2.34. The minimum absolute atomic E-state index is 0.00173. The average molecular weight is 785 g/mol. The molecule has 0 amide bonds. The maximum atomic E-state index is 12.3. The van der Waals surface area contributed by atoms with Crippen LogP contribution >= 0.6 is 7.82 Å². The van der Waals surface area contributed by atoms with Gasteiger partial charge < -0.3 is 38.8 Å². The number of phosphoric acid groups is 1. The molecule has 2 unspecified atom stereocenters. The van der Waals surface area contributed by atoms with E-state index in [9.17, 15) is 14.2 Å². The Morgan fingerprint density at radius 3 is 2.30 bits per heavy atom. The number of nitriles is 1. The van der Waals surface area contributed by atoms with Crippen molar-refractivity contribution in [2.24, 2.45) is 0 Å². The van der Waals surface area contributed by atoms with E-state index in [-0.39, 0.29) is 32.0 Å². The molecule has 0 aliphatic carbocycles. The van der Waals surface area contributed by atoms with E-state index in [2.05, 4.69) is 54.5 Å². The number of nitrogens with one attached hydrogen (secondary N) is 2. The molecule has 290 valence electrons. The van der Waals surface area contributed by atoms with Crippen molar-refractivity contribution in [3.8, 4) is 41.4 Å². The monoisotopic (exact) mass is 784 g/mol. The van der Waals surface area contributed by atoms with Gasteiger partial charge in [0.25, 0.3) is 5.56 Å². The van der Waals surface area contributed by atoms with Crippen LogP contribution in [0.3, 0.4) is 0 Å². The van der Waals surface area contributed by atoms with Gasteiger partial charge in [-0.3, -0.25) is 18.9 Å². The van der Waals surface area contributed by atoms with E-state index in [0.717, 1.165) is 26.9 Å². The lowest BCUT2D eigenvalue weighted by atomic mass is 10.1. The first-order valence-corrected chi connectivity index (χ1v) is 18.5. The maximum Gasteiger partial charge on any atom is 0.469 e. The van der Waals surface area contributed by atoms with E-state index < -0.39 is 38.0 Å². The highest BCUT2D eigenvalue weighted by atomic mass is 31.2. The number of hydrogen-bond acceptors (Lipinski definition) is 13. The van der Waals surface area contributed by atoms with E-state index in [0.29, 0.717) is 36.4 Å². The zero-order chi connectivity index (χ0) is 39.9. The second-order valence-electron chi connectivity index (χ2n) is 11.8. The molecule has 0 radical (unpaired) electrons. The lowest BCUT2D eigenvalue weighted by molar-refractivity contribution is -0.0104. The third kappa shape index (κ3) is 12.9. The molecule has 5 rings (SSSR count). The van der Waals surface area contributed by atoms with E-state index in [1.54, 1.807) is 36.5 Å². The van der Waals surface area contributed by atoms with Gasteiger partial charge in [-0.05, 0) is 67.4 Å². The minimum Gasteiger partial charge on any atom is -0.438 e. The third-order valence-corrected chi connectivity index (χ3v) is 8.05. The number of aryl methyl sites for hydroxylation is 2. The van der Waals surface area contributed by atoms with Gasteiger partial charge in [-0.2, -0.15) is 10.2 Å². The van der Waals surface area contributed by atoms with Gasteiger partial charge in [-0.25, -0.2) is 14.3 Å². The van der Waals surface area contributed by atoms with Crippen molar-refractivity contribution in [2.45, 2.75) is 26.2 Å². The van der Waals surface area contributed by atoms with Crippen molar-refractivity contribution in [3.63, 3.8) is 0 Å². The van der Waals surface area contributed by atoms with Crippen molar-refractivity contribution in [3.05, 3.63) is 116 Å². The number of aromatic nitrogens is 4. The van der Waals surface area contributed by atoms with Gasteiger partial charge in [-0.15, -0.1) is 0 Å². The normalized spacial score (nSPS) is 14.6. The number of rotatable bonds is 16. The first-order chi connectivity index (χ1) is 27.0. The Morgan fingerprint density at radius 2 is 1.62 bits per heavy atom. The summed E-state index contributed by atoms with van der Waals surface area (Å²) in [5, 5.41) is 12.1. The predicted molar refractivity (Wildman–Crippen MR) is 201 cm³/mol. The Bertz CT molecular complexity index is 2340. The largest absolute Gasteiger partial charge is 0.469 e. The van der Waals surface area contributed by atoms with E-state index >= 15 is 0 Å². The SMILES string of the molecule is Cc1cc(C#CCOCCOCCOCC#Cc2cn(C3C=CC(COP(=O)(O)O)O3)c(=O)[nH]c2=O)cc(C)c1Oc1ccnc(Nc2ccc(C#N)cc2)n1. The van der Waals surface area contributed by atoms with E-state index in [1.165, 1.54) is 18.3 Å². The summed E-state index contributed by atoms with van der Waals surface area (Å²) in [4.78, 5) is 53.1. The van der Waals surface area contributed by atoms with Crippen LogP contribution in [0.1, 0.15) is 34.0 Å². The molecule has 0 bridgehead atoms. The molecule has 2 aromatic carbocycles. The van der Waals surface area contributed by atoms with Crippen LogP contribution in [-0.4, -0.2) is 81.7 Å². The summed E-state index contributed by atoms with van der Waals surface area (Å²) in [6, 6.07) is 14.6. The number of benzene rings is 2. The summed E-state index contributed by atoms with van der Waals surface area (Å²) in [5.41, 5.74) is 2.44. The minimum atomic E-state index is -4.68. The first-order valence-electron chi connectivity index (χ1n) is 17.0. The number of nitrogens with zero attached hydrogens (tertiary/aromatic N) is 4. The number of phosphoric ester groups is 1. The van der Waals surface area contributed by atoms with Gasteiger partial charge >= 0.3 is 13.5 Å². The van der Waals surface area contributed by atoms with Crippen LogP contribution in [0.4, 0.5) is 11.6 Å². The second-order valence-corrected chi connectivity index (χ2v) is 13.1. The van der Waals surface area contributed by atoms with Crippen LogP contribution in [0.5, 0.6) is 11.6 Å². The van der Waals surface area contributed by atoms with Crippen LogP contribution in [0, 0.1) is 48.9 Å². The number of aromatic amines is 1. The Labute approximate surface area is 321 Å². The molecule has 56 heavy (non-hydrogen) atoms. The number of hydrogen-bond donors (Lipinski definition) is 4. The third-order valence-electron chi connectivity index (χ3n) is 7.57. The first kappa shape index (κ1) is 41.3. The molecule has 17 nitrogen and oxygen atoms in total. The summed E-state index contributed by atoms with van der Waals surface area (Å²) in [6.07, 6.45) is 4.07. The highest BCUT2D eigenvalue weighted by Crippen LogP contribution is 2.37. The highest BCUT2D eigenvalue weighted by molar-refractivity contribution is 7.46. The highest BCUT2D eigenvalue weighted by Gasteiger charge is 2.25. The summed E-state index contributed by atoms with van der Waals surface area (Å²) in [5.74, 6) is 12.9. The Kier molecular flexibility index (Phi) is 14.8. The summed E-state index contributed by atoms with van der Waals surface area (Å²) in [7, 11) is -4.68. The molecule has 2 aromatic heterocycles. The molecule has 0 saturated carbocycles. The smallest absolute Gasteiger partial charge is 0.438 e. The van der Waals surface area contributed by atoms with Crippen LogP contribution in [0.25, 0.3) is 0 Å². The molecule has 1 aliphatic heterocycles. The number of anilines is 2. The lowest BCUT2D eigenvalue weighted by Gasteiger charge is -2.16. The fourth-order valence-corrected chi connectivity index (χ4v) is 5.38. The zero-order valence-corrected chi connectivity index (χ0v) is 31.2. The summed E-state index contributed by atoms with van der Waals surface area (Å²) < 4.78 is 44.6. The van der Waals surface area contributed by atoms with Crippen molar-refractivity contribution in [2.75, 3.05) is 51.6 Å². The van der Waals surface area contributed by atoms with Crippen molar-refractivity contribution in [1.82, 2.24) is 19.5 Å². The zero-order valence-electron chi connectivity index (χ0n) is 30.3. The van der Waals surface area contributed by atoms with E-state index in [4.69, 9.17) is 38.7 Å². The Balaban J connectivity index is 0.971. The van der Waals surface area contributed by atoms with Gasteiger partial charge in [0, 0.05) is 29.7 Å². The molecule has 3 heterocycles. The van der Waals surface area contributed by atoms with Gasteiger partial charge in [0.05, 0.1) is 44.7 Å². The molecule has 4 N–H and O–H groups in total. The fraction of sp³-hybridized carbons (Fsp3) is 0.289. The van der Waals surface area contributed by atoms with Gasteiger partial charge in [0.1, 0.15) is 30.6 Å². The summed E-state index contributed by atoms with van der Waals surface area (Å²) in [6.45, 7) is 4.85. The van der Waals surface area contributed by atoms with Crippen LogP contribution < -0.4 is 21.3 Å². The Morgan fingerprint density at radius 1 is 0.946 bits per heavy atom. The molecule has 0 saturated heterocycles. The topological polar surface area (TPSA) is 229 Å². The van der Waals surface area contributed by atoms with Gasteiger partial charge in [0.15, 0.2) is 6.23 Å². The van der Waals surface area contributed by atoms with Crippen molar-refractivity contribution in [1.29, 1.82) is 5.26 Å². The molecular formula is C38H37N6O11P. The second kappa shape index (κ2) is 20.1. The number of ether oxygens (including phenoxy) is 5. The molecule has 1 aliphatic rings. The van der Waals surface area contributed by atoms with Crippen LogP contribution in [-0.2, 0) is 28.0 Å². The van der Waals surface area contributed by atoms with Crippen LogP contribution in [0.2, 0.25) is 0 Å². The quantitative estimate of drug-likeness (QED) is 0.0553.